The molecule has 1 atom stereocenters. The second-order valence-electron chi connectivity index (χ2n) is 5.05. The van der Waals surface area contributed by atoms with Gasteiger partial charge in [0, 0.05) is 17.6 Å². The molecule has 0 saturated heterocycles. The van der Waals surface area contributed by atoms with E-state index in [1.54, 1.807) is 4.90 Å². The number of amides is 1. The lowest BCUT2D eigenvalue weighted by Crippen LogP contribution is -2.34. The fourth-order valence-electron chi connectivity index (χ4n) is 1.90. The average Bonchev–Trinajstić information content (AvgIpc) is 2.42. The number of carbonyl (C=O) groups is 1. The molecule has 0 aliphatic heterocycles. The molecule has 0 bridgehead atoms. The lowest BCUT2D eigenvalue weighted by atomic mass is 10.1. The minimum absolute atomic E-state index is 0.0509. The third kappa shape index (κ3) is 4.73. The van der Waals surface area contributed by atoms with Gasteiger partial charge in [0.2, 0.25) is 0 Å². The van der Waals surface area contributed by atoms with Gasteiger partial charge < -0.3 is 4.90 Å². The maximum atomic E-state index is 12.8. The highest BCUT2D eigenvalue weighted by molar-refractivity contribution is 9.10. The average molecular weight is 366 g/mol. The van der Waals surface area contributed by atoms with Crippen LogP contribution in [0.2, 0.25) is 0 Å². The molecule has 0 N–H and O–H groups in total. The Balaban J connectivity index is 3.10. The molecule has 0 fully saturated rings. The van der Waals surface area contributed by atoms with Crippen LogP contribution in [0.3, 0.4) is 0 Å². The van der Waals surface area contributed by atoms with E-state index in [9.17, 15) is 18.0 Å². The van der Waals surface area contributed by atoms with Gasteiger partial charge in [-0.05, 0) is 47.0 Å². The smallest absolute Gasteiger partial charge is 0.339 e. The largest absolute Gasteiger partial charge is 0.416 e. The Kier molecular flexibility index (Phi) is 6.25. The zero-order chi connectivity index (χ0) is 16.2. The first-order valence-corrected chi connectivity index (χ1v) is 7.66. The number of hydrogen-bond donors (Lipinski definition) is 0. The number of carbonyl (C=O) groups excluding carboxylic acids is 1. The van der Waals surface area contributed by atoms with Crippen molar-refractivity contribution >= 4 is 21.8 Å². The Morgan fingerprint density at radius 3 is 2.43 bits per heavy atom. The highest BCUT2D eigenvalue weighted by Crippen LogP contribution is 2.32. The van der Waals surface area contributed by atoms with Crippen molar-refractivity contribution in [1.29, 1.82) is 0 Å². The Hall–Kier alpha value is -1.04. The minimum atomic E-state index is -4.45. The van der Waals surface area contributed by atoms with Crippen LogP contribution in [0.5, 0.6) is 0 Å². The fourth-order valence-corrected chi connectivity index (χ4v) is 2.31. The second-order valence-corrected chi connectivity index (χ2v) is 5.90. The van der Waals surface area contributed by atoms with Crippen LogP contribution in [0.15, 0.2) is 22.7 Å². The van der Waals surface area contributed by atoms with E-state index in [0.29, 0.717) is 23.5 Å². The van der Waals surface area contributed by atoms with Gasteiger partial charge in [-0.15, -0.1) is 0 Å². The molecule has 6 heteroatoms. The van der Waals surface area contributed by atoms with Crippen molar-refractivity contribution in [1.82, 2.24) is 4.90 Å². The SMILES string of the molecule is CCC(C)CN(CC)C(=O)c1cc(C(F)(F)F)ccc1Br. The van der Waals surface area contributed by atoms with Gasteiger partial charge in [-0.25, -0.2) is 0 Å². The summed E-state index contributed by atoms with van der Waals surface area (Å²) < 4.78 is 38.7. The minimum Gasteiger partial charge on any atom is -0.339 e. The molecule has 1 aromatic rings. The summed E-state index contributed by atoms with van der Waals surface area (Å²) in [5.41, 5.74) is -0.761. The van der Waals surface area contributed by atoms with Crippen LogP contribution in [-0.2, 0) is 6.18 Å². The van der Waals surface area contributed by atoms with E-state index in [-0.39, 0.29) is 11.5 Å². The molecule has 1 amide bonds. The van der Waals surface area contributed by atoms with E-state index in [4.69, 9.17) is 0 Å². The van der Waals surface area contributed by atoms with Crippen molar-refractivity contribution in [3.63, 3.8) is 0 Å². The Labute approximate surface area is 131 Å². The molecular formula is C15H19BrF3NO. The second kappa shape index (κ2) is 7.29. The van der Waals surface area contributed by atoms with Crippen molar-refractivity contribution in [2.45, 2.75) is 33.4 Å². The molecule has 21 heavy (non-hydrogen) atoms. The number of rotatable bonds is 5. The van der Waals surface area contributed by atoms with Gasteiger partial charge in [0.15, 0.2) is 0 Å². The predicted molar refractivity (Wildman–Crippen MR) is 80.2 cm³/mol. The quantitative estimate of drug-likeness (QED) is 0.720. The highest BCUT2D eigenvalue weighted by Gasteiger charge is 2.32. The van der Waals surface area contributed by atoms with Crippen molar-refractivity contribution in [2.75, 3.05) is 13.1 Å². The van der Waals surface area contributed by atoms with E-state index >= 15 is 0 Å². The molecule has 118 valence electrons. The summed E-state index contributed by atoms with van der Waals surface area (Å²) in [5, 5.41) is 0. The summed E-state index contributed by atoms with van der Waals surface area (Å²) in [7, 11) is 0. The lowest BCUT2D eigenvalue weighted by Gasteiger charge is -2.25. The van der Waals surface area contributed by atoms with Gasteiger partial charge in [-0.3, -0.25) is 4.79 Å². The van der Waals surface area contributed by atoms with E-state index in [2.05, 4.69) is 15.9 Å². The standard InChI is InChI=1S/C15H19BrF3NO/c1-4-10(3)9-20(5-2)14(21)12-8-11(15(17,18)19)6-7-13(12)16/h6-8,10H,4-5,9H2,1-3H3. The Morgan fingerprint density at radius 2 is 1.95 bits per heavy atom. The summed E-state index contributed by atoms with van der Waals surface area (Å²) in [6, 6.07) is 3.14. The van der Waals surface area contributed by atoms with Crippen molar-refractivity contribution in [3.8, 4) is 0 Å². The van der Waals surface area contributed by atoms with Crippen molar-refractivity contribution < 1.29 is 18.0 Å². The molecule has 0 aliphatic carbocycles. The van der Waals surface area contributed by atoms with E-state index in [0.717, 1.165) is 18.6 Å². The van der Waals surface area contributed by atoms with Crippen LogP contribution in [0, 0.1) is 5.92 Å². The van der Waals surface area contributed by atoms with Gasteiger partial charge >= 0.3 is 6.18 Å². The lowest BCUT2D eigenvalue weighted by molar-refractivity contribution is -0.137. The summed E-state index contributed by atoms with van der Waals surface area (Å²) in [5.74, 6) is -0.0748. The van der Waals surface area contributed by atoms with Crippen molar-refractivity contribution in [2.24, 2.45) is 5.92 Å². The third-order valence-corrected chi connectivity index (χ3v) is 4.11. The molecule has 1 unspecified atom stereocenters. The monoisotopic (exact) mass is 365 g/mol. The number of alkyl halides is 3. The zero-order valence-electron chi connectivity index (χ0n) is 12.3. The molecular weight excluding hydrogens is 347 g/mol. The van der Waals surface area contributed by atoms with Gasteiger partial charge in [-0.1, -0.05) is 20.3 Å². The molecule has 1 rings (SSSR count). The van der Waals surface area contributed by atoms with E-state index in [1.807, 2.05) is 20.8 Å². The normalized spacial score (nSPS) is 13.1. The van der Waals surface area contributed by atoms with Gasteiger partial charge in [-0.2, -0.15) is 13.2 Å². The molecule has 0 aliphatic rings. The van der Waals surface area contributed by atoms with Gasteiger partial charge in [0.25, 0.3) is 5.91 Å². The maximum Gasteiger partial charge on any atom is 0.416 e. The fraction of sp³-hybridized carbons (Fsp3) is 0.533. The Morgan fingerprint density at radius 1 is 1.33 bits per heavy atom. The highest BCUT2D eigenvalue weighted by atomic mass is 79.9. The van der Waals surface area contributed by atoms with Gasteiger partial charge in [0.05, 0.1) is 11.1 Å². The van der Waals surface area contributed by atoms with E-state index < -0.39 is 11.7 Å². The number of hydrogen-bond acceptors (Lipinski definition) is 1. The summed E-state index contributed by atoms with van der Waals surface area (Å²) in [6.07, 6.45) is -3.54. The first-order valence-electron chi connectivity index (χ1n) is 6.86. The zero-order valence-corrected chi connectivity index (χ0v) is 13.9. The van der Waals surface area contributed by atoms with Crippen LogP contribution < -0.4 is 0 Å². The number of halogens is 4. The molecule has 0 saturated carbocycles. The maximum absolute atomic E-state index is 12.8. The van der Waals surface area contributed by atoms with Gasteiger partial charge in [0.1, 0.15) is 0 Å². The molecule has 0 heterocycles. The molecule has 0 aromatic heterocycles. The first kappa shape index (κ1) is 18.0. The molecule has 1 aromatic carbocycles. The third-order valence-electron chi connectivity index (χ3n) is 3.42. The van der Waals surface area contributed by atoms with Crippen LogP contribution >= 0.6 is 15.9 Å². The van der Waals surface area contributed by atoms with E-state index in [1.165, 1.54) is 6.07 Å². The van der Waals surface area contributed by atoms with Crippen molar-refractivity contribution in [3.05, 3.63) is 33.8 Å². The molecule has 2 nitrogen and oxygen atoms in total. The summed E-state index contributed by atoms with van der Waals surface area (Å²) in [6.45, 7) is 6.85. The van der Waals surface area contributed by atoms with Crippen LogP contribution in [-0.4, -0.2) is 23.9 Å². The number of nitrogens with zero attached hydrogens (tertiary/aromatic N) is 1. The topological polar surface area (TPSA) is 20.3 Å². The number of benzene rings is 1. The summed E-state index contributed by atoms with van der Waals surface area (Å²) >= 11 is 3.16. The van der Waals surface area contributed by atoms with Crippen LogP contribution in [0.4, 0.5) is 13.2 Å². The van der Waals surface area contributed by atoms with Crippen LogP contribution in [0.1, 0.15) is 43.1 Å². The van der Waals surface area contributed by atoms with Crippen LogP contribution in [0.25, 0.3) is 0 Å². The summed E-state index contributed by atoms with van der Waals surface area (Å²) in [4.78, 5) is 14.0. The first-order chi connectivity index (χ1) is 9.70. The molecule has 0 radical (unpaired) electrons. The predicted octanol–water partition coefficient (Wildman–Crippen LogP) is 4.98. The molecule has 0 spiro atoms. The Bertz CT molecular complexity index is 502.